The Kier molecular flexibility index (Phi) is 3.71. The fourth-order valence-corrected chi connectivity index (χ4v) is 1.28. The van der Waals surface area contributed by atoms with Gasteiger partial charge in [-0.25, -0.2) is 0 Å². The van der Waals surface area contributed by atoms with Crippen LogP contribution in [0.3, 0.4) is 0 Å². The van der Waals surface area contributed by atoms with E-state index < -0.39 is 19.3 Å². The third-order valence-corrected chi connectivity index (χ3v) is 2.08. The Bertz CT molecular complexity index is 330. The highest BCUT2D eigenvalue weighted by atomic mass is 16.4. The lowest BCUT2D eigenvalue weighted by molar-refractivity contribution is -0.138. The number of carbonyl (C=O) groups is 1. The van der Waals surface area contributed by atoms with Crippen molar-refractivity contribution < 1.29 is 19.9 Å². The second-order valence-corrected chi connectivity index (χ2v) is 3.10. The van der Waals surface area contributed by atoms with E-state index in [2.05, 4.69) is 0 Å². The minimum absolute atomic E-state index is 0.447. The summed E-state index contributed by atoms with van der Waals surface area (Å²) in [5, 5.41) is 27.0. The summed E-state index contributed by atoms with van der Waals surface area (Å²) >= 11 is 0. The van der Waals surface area contributed by atoms with Gasteiger partial charge in [0.15, 0.2) is 0 Å². The second kappa shape index (κ2) is 4.81. The molecule has 1 aromatic carbocycles. The maximum Gasteiger partial charge on any atom is 0.588 e. The van der Waals surface area contributed by atoms with E-state index in [1.54, 1.807) is 30.3 Å². The first-order valence-electron chi connectivity index (χ1n) is 4.46. The van der Waals surface area contributed by atoms with E-state index in [4.69, 9.17) is 15.2 Å². The maximum atomic E-state index is 10.8. The Morgan fingerprint density at radius 3 is 2.27 bits per heavy atom. The highest BCUT2D eigenvalue weighted by molar-refractivity contribution is 6.47. The summed E-state index contributed by atoms with van der Waals surface area (Å²) < 4.78 is 0. The van der Waals surface area contributed by atoms with Gasteiger partial charge < -0.3 is 20.0 Å². The van der Waals surface area contributed by atoms with Crippen molar-refractivity contribution in [2.75, 3.05) is 4.81 Å². The minimum atomic E-state index is -1.83. The number of carboxylic acid groups (broad SMARTS) is 1. The molecule has 0 aliphatic carbocycles. The number of hydrogen-bond acceptors (Lipinski definition) is 4. The molecule has 80 valence electrons. The van der Waals surface area contributed by atoms with Gasteiger partial charge >= 0.3 is 13.2 Å². The van der Waals surface area contributed by atoms with Crippen LogP contribution in [0.1, 0.15) is 6.92 Å². The molecule has 0 aliphatic rings. The summed E-state index contributed by atoms with van der Waals surface area (Å²) in [6.07, 6.45) is 0. The van der Waals surface area contributed by atoms with Gasteiger partial charge in [0, 0.05) is 5.69 Å². The summed E-state index contributed by atoms with van der Waals surface area (Å²) in [4.78, 5) is 11.8. The van der Waals surface area contributed by atoms with E-state index in [-0.39, 0.29) is 0 Å². The fraction of sp³-hybridized carbons (Fsp3) is 0.222. The summed E-state index contributed by atoms with van der Waals surface area (Å²) in [5.41, 5.74) is 0.447. The first-order valence-corrected chi connectivity index (χ1v) is 4.46. The van der Waals surface area contributed by atoms with Crippen molar-refractivity contribution in [3.05, 3.63) is 30.3 Å². The van der Waals surface area contributed by atoms with Gasteiger partial charge in [0.1, 0.15) is 6.04 Å². The number of benzene rings is 1. The van der Waals surface area contributed by atoms with Gasteiger partial charge in [-0.15, -0.1) is 0 Å². The molecule has 0 saturated heterocycles. The average Bonchev–Trinajstić information content (AvgIpc) is 2.18. The minimum Gasteiger partial charge on any atom is -0.480 e. The Morgan fingerprint density at radius 2 is 1.87 bits per heavy atom. The quantitative estimate of drug-likeness (QED) is 0.605. The van der Waals surface area contributed by atoms with E-state index in [0.717, 1.165) is 4.81 Å². The molecule has 0 heterocycles. The van der Waals surface area contributed by atoms with Gasteiger partial charge in [0.25, 0.3) is 0 Å². The van der Waals surface area contributed by atoms with Crippen molar-refractivity contribution in [1.29, 1.82) is 0 Å². The van der Waals surface area contributed by atoms with Crippen molar-refractivity contribution in [2.45, 2.75) is 13.0 Å². The van der Waals surface area contributed by atoms with Crippen molar-refractivity contribution in [1.82, 2.24) is 0 Å². The predicted octanol–water partition coefficient (Wildman–Crippen LogP) is -0.0644. The number of rotatable bonds is 4. The average molecular weight is 209 g/mol. The van der Waals surface area contributed by atoms with Gasteiger partial charge in [0.2, 0.25) is 0 Å². The van der Waals surface area contributed by atoms with Crippen LogP contribution < -0.4 is 4.81 Å². The summed E-state index contributed by atoms with van der Waals surface area (Å²) in [6.45, 7) is 1.38. The largest absolute Gasteiger partial charge is 0.588 e. The summed E-state index contributed by atoms with van der Waals surface area (Å²) in [6, 6.07) is 7.36. The molecule has 0 radical (unpaired) electrons. The summed E-state index contributed by atoms with van der Waals surface area (Å²) in [7, 11) is -1.83. The molecule has 15 heavy (non-hydrogen) atoms. The molecule has 1 rings (SSSR count). The van der Waals surface area contributed by atoms with Crippen molar-refractivity contribution in [3.63, 3.8) is 0 Å². The first kappa shape index (κ1) is 11.5. The number of para-hydroxylation sites is 1. The lowest BCUT2D eigenvalue weighted by Gasteiger charge is -2.27. The van der Waals surface area contributed by atoms with Gasteiger partial charge in [-0.05, 0) is 19.1 Å². The van der Waals surface area contributed by atoms with Gasteiger partial charge in [-0.2, -0.15) is 0 Å². The molecule has 0 amide bonds. The Labute approximate surface area is 87.7 Å². The number of carboxylic acids is 1. The molecule has 0 spiro atoms. The number of nitrogens with zero attached hydrogens (tertiary/aromatic N) is 1. The van der Waals surface area contributed by atoms with Crippen LogP contribution in [-0.2, 0) is 4.79 Å². The number of hydrogen-bond donors (Lipinski definition) is 3. The van der Waals surface area contributed by atoms with Gasteiger partial charge in [-0.1, -0.05) is 18.2 Å². The van der Waals surface area contributed by atoms with Gasteiger partial charge in [-0.3, -0.25) is 4.79 Å². The van der Waals surface area contributed by atoms with E-state index >= 15 is 0 Å². The number of aliphatic carboxylic acids is 1. The van der Waals surface area contributed by atoms with Crippen molar-refractivity contribution in [3.8, 4) is 0 Å². The molecular weight excluding hydrogens is 197 g/mol. The van der Waals surface area contributed by atoms with E-state index in [9.17, 15) is 4.79 Å². The zero-order valence-electron chi connectivity index (χ0n) is 8.24. The van der Waals surface area contributed by atoms with Crippen LogP contribution >= 0.6 is 0 Å². The lowest BCUT2D eigenvalue weighted by atomic mass is 10.00. The molecule has 0 saturated carbocycles. The van der Waals surface area contributed by atoms with Crippen molar-refractivity contribution in [2.24, 2.45) is 0 Å². The van der Waals surface area contributed by atoms with E-state index in [1.807, 2.05) is 0 Å². The topological polar surface area (TPSA) is 81.0 Å². The Hall–Kier alpha value is -1.53. The molecule has 0 aromatic heterocycles. The second-order valence-electron chi connectivity index (χ2n) is 3.10. The SMILES string of the molecule is C[C@@H](C(=O)O)N(B(O)O)c1ccccc1. The monoisotopic (exact) mass is 209 g/mol. The normalized spacial score (nSPS) is 11.9. The molecule has 3 N–H and O–H groups in total. The maximum absolute atomic E-state index is 10.8. The van der Waals surface area contributed by atoms with Crippen LogP contribution in [0.4, 0.5) is 5.69 Å². The predicted molar refractivity (Wildman–Crippen MR) is 56.2 cm³/mol. The smallest absolute Gasteiger partial charge is 0.480 e. The van der Waals surface area contributed by atoms with Crippen LogP contribution in [0.5, 0.6) is 0 Å². The highest BCUT2D eigenvalue weighted by Crippen LogP contribution is 2.16. The molecule has 0 unspecified atom stereocenters. The fourth-order valence-electron chi connectivity index (χ4n) is 1.28. The number of anilines is 1. The molecular formula is C9H12BNO4. The first-order chi connectivity index (χ1) is 7.04. The molecule has 6 heteroatoms. The zero-order valence-corrected chi connectivity index (χ0v) is 8.24. The summed E-state index contributed by atoms with van der Waals surface area (Å²) in [5.74, 6) is -1.12. The molecule has 0 aliphatic heterocycles. The van der Waals surface area contributed by atoms with Gasteiger partial charge in [0.05, 0.1) is 0 Å². The molecule has 0 bridgehead atoms. The lowest BCUT2D eigenvalue weighted by Crippen LogP contribution is -2.49. The van der Waals surface area contributed by atoms with Crippen LogP contribution in [-0.4, -0.2) is 34.4 Å². The molecule has 1 atom stereocenters. The molecule has 0 fully saturated rings. The van der Waals surface area contributed by atoms with E-state index in [1.165, 1.54) is 6.92 Å². The standard InChI is InChI=1S/C9H12BNO4/c1-7(9(12)13)11(10(14)15)8-5-3-2-4-6-8/h2-7,14-15H,1H3,(H,12,13)/t7-/m0/s1. The Balaban J connectivity index is 2.99. The zero-order chi connectivity index (χ0) is 11.4. The third-order valence-electron chi connectivity index (χ3n) is 2.08. The van der Waals surface area contributed by atoms with Crippen LogP contribution in [0.2, 0.25) is 0 Å². The van der Waals surface area contributed by atoms with Crippen LogP contribution in [0.15, 0.2) is 30.3 Å². The highest BCUT2D eigenvalue weighted by Gasteiger charge is 2.30. The van der Waals surface area contributed by atoms with E-state index in [0.29, 0.717) is 5.69 Å². The molecule has 5 nitrogen and oxygen atoms in total. The van der Waals surface area contributed by atoms with Crippen LogP contribution in [0, 0.1) is 0 Å². The van der Waals surface area contributed by atoms with Crippen molar-refractivity contribution >= 4 is 18.9 Å². The Morgan fingerprint density at radius 1 is 1.33 bits per heavy atom. The molecule has 1 aromatic rings. The third kappa shape index (κ3) is 2.71. The van der Waals surface area contributed by atoms with Crippen LogP contribution in [0.25, 0.3) is 0 Å².